The zero-order chi connectivity index (χ0) is 22.8. The van der Waals surface area contributed by atoms with Crippen LogP contribution in [-0.2, 0) is 0 Å². The van der Waals surface area contributed by atoms with E-state index in [0.29, 0.717) is 0 Å². The van der Waals surface area contributed by atoms with Crippen molar-refractivity contribution >= 4 is 0 Å². The maximum absolute atomic E-state index is 2.33. The van der Waals surface area contributed by atoms with Crippen LogP contribution in [0.4, 0.5) is 0 Å². The highest BCUT2D eigenvalue weighted by Gasteiger charge is 2.09. The van der Waals surface area contributed by atoms with Crippen LogP contribution in [0.3, 0.4) is 0 Å². The lowest BCUT2D eigenvalue weighted by Crippen LogP contribution is -1.89. The molecule has 5 aromatic rings. The van der Waals surface area contributed by atoms with Crippen LogP contribution in [0.2, 0.25) is 0 Å². The topological polar surface area (TPSA) is 0 Å². The molecule has 0 aliphatic heterocycles. The Morgan fingerprint density at radius 3 is 0.788 bits per heavy atom. The van der Waals surface area contributed by atoms with Crippen molar-refractivity contribution in [3.8, 4) is 44.5 Å². The minimum atomic E-state index is 1.25. The molecule has 0 radical (unpaired) electrons. The summed E-state index contributed by atoms with van der Waals surface area (Å²) in [6.07, 6.45) is 0. The SMILES string of the molecule is Cc1cc(-c2ccccc2)cc(-c2cc(C)cc(-c3cc(C)cc(-c4ccccc4)c3)c2)c1. The van der Waals surface area contributed by atoms with Crippen LogP contribution in [0.15, 0.2) is 115 Å². The summed E-state index contributed by atoms with van der Waals surface area (Å²) >= 11 is 0. The number of aryl methyl sites for hydroxylation is 3. The van der Waals surface area contributed by atoms with Gasteiger partial charge in [-0.15, -0.1) is 0 Å². The van der Waals surface area contributed by atoms with Crippen LogP contribution < -0.4 is 0 Å². The second kappa shape index (κ2) is 8.92. The van der Waals surface area contributed by atoms with Crippen molar-refractivity contribution in [3.05, 3.63) is 132 Å². The summed E-state index contributed by atoms with van der Waals surface area (Å²) in [6, 6.07) is 41.9. The fourth-order valence-electron chi connectivity index (χ4n) is 4.61. The van der Waals surface area contributed by atoms with Gasteiger partial charge in [0.1, 0.15) is 0 Å². The highest BCUT2D eigenvalue weighted by molar-refractivity contribution is 5.80. The first kappa shape index (κ1) is 21.0. The molecule has 0 aromatic heterocycles. The lowest BCUT2D eigenvalue weighted by atomic mass is 9.91. The van der Waals surface area contributed by atoms with E-state index in [1.165, 1.54) is 61.2 Å². The molecule has 0 saturated heterocycles. The van der Waals surface area contributed by atoms with E-state index in [2.05, 4.69) is 136 Å². The zero-order valence-corrected chi connectivity index (χ0v) is 19.5. The molecule has 5 rings (SSSR count). The molecule has 0 fully saturated rings. The molecule has 33 heavy (non-hydrogen) atoms. The molecule has 0 bridgehead atoms. The van der Waals surface area contributed by atoms with Gasteiger partial charge in [0.05, 0.1) is 0 Å². The standard InChI is InChI=1S/C33H28/c1-23-14-28(26-10-6-4-7-11-26)20-30(16-23)32-18-25(3)19-33(22-32)31-17-24(2)15-29(21-31)27-12-8-5-9-13-27/h4-22H,1-3H3. The Balaban J connectivity index is 1.61. The van der Waals surface area contributed by atoms with E-state index >= 15 is 0 Å². The summed E-state index contributed by atoms with van der Waals surface area (Å²) in [7, 11) is 0. The summed E-state index contributed by atoms with van der Waals surface area (Å²) in [5.41, 5.74) is 13.9. The predicted molar refractivity (Wildman–Crippen MR) is 142 cm³/mol. The van der Waals surface area contributed by atoms with Crippen molar-refractivity contribution in [2.75, 3.05) is 0 Å². The van der Waals surface area contributed by atoms with Crippen molar-refractivity contribution < 1.29 is 0 Å². The zero-order valence-electron chi connectivity index (χ0n) is 19.5. The van der Waals surface area contributed by atoms with Gasteiger partial charge >= 0.3 is 0 Å². The Bertz CT molecular complexity index is 1300. The molecule has 0 N–H and O–H groups in total. The van der Waals surface area contributed by atoms with Gasteiger partial charge in [0.25, 0.3) is 0 Å². The van der Waals surface area contributed by atoms with Gasteiger partial charge in [0.15, 0.2) is 0 Å². The summed E-state index contributed by atoms with van der Waals surface area (Å²) in [6.45, 7) is 6.55. The van der Waals surface area contributed by atoms with Crippen LogP contribution in [-0.4, -0.2) is 0 Å². The Morgan fingerprint density at radius 2 is 0.515 bits per heavy atom. The van der Waals surface area contributed by atoms with Crippen molar-refractivity contribution in [3.63, 3.8) is 0 Å². The number of hydrogen-bond acceptors (Lipinski definition) is 0. The molecule has 5 aromatic carbocycles. The van der Waals surface area contributed by atoms with Crippen LogP contribution in [0.5, 0.6) is 0 Å². The number of hydrogen-bond donors (Lipinski definition) is 0. The molecule has 0 unspecified atom stereocenters. The molecule has 160 valence electrons. The van der Waals surface area contributed by atoms with Gasteiger partial charge in [-0.3, -0.25) is 0 Å². The molecule has 0 heterocycles. The third kappa shape index (κ3) is 4.66. The van der Waals surface area contributed by atoms with E-state index in [0.717, 1.165) is 0 Å². The molecule has 0 saturated carbocycles. The van der Waals surface area contributed by atoms with Crippen LogP contribution in [0.1, 0.15) is 16.7 Å². The summed E-state index contributed by atoms with van der Waals surface area (Å²) in [5, 5.41) is 0. The molecule has 0 atom stereocenters. The molecule has 0 spiro atoms. The molecule has 0 amide bonds. The maximum Gasteiger partial charge on any atom is -0.0175 e. The maximum atomic E-state index is 2.33. The predicted octanol–water partition coefficient (Wildman–Crippen LogP) is 9.28. The normalized spacial score (nSPS) is 10.9. The summed E-state index contributed by atoms with van der Waals surface area (Å²) in [4.78, 5) is 0. The third-order valence-electron chi connectivity index (χ3n) is 6.11. The van der Waals surface area contributed by atoms with Gasteiger partial charge in [-0.2, -0.15) is 0 Å². The average molecular weight is 425 g/mol. The monoisotopic (exact) mass is 424 g/mol. The average Bonchev–Trinajstić information content (AvgIpc) is 2.84. The number of rotatable bonds is 4. The fraction of sp³-hybridized carbons (Fsp3) is 0.0909. The van der Waals surface area contributed by atoms with Gasteiger partial charge < -0.3 is 0 Å². The van der Waals surface area contributed by atoms with Crippen LogP contribution in [0, 0.1) is 20.8 Å². The Kier molecular flexibility index (Phi) is 5.67. The van der Waals surface area contributed by atoms with E-state index in [1.54, 1.807) is 0 Å². The largest absolute Gasteiger partial charge is 0.0622 e. The van der Waals surface area contributed by atoms with Crippen molar-refractivity contribution in [2.45, 2.75) is 20.8 Å². The lowest BCUT2D eigenvalue weighted by Gasteiger charge is -2.13. The summed E-state index contributed by atoms with van der Waals surface area (Å²) in [5.74, 6) is 0. The van der Waals surface area contributed by atoms with Crippen LogP contribution >= 0.6 is 0 Å². The molecule has 0 nitrogen and oxygen atoms in total. The highest BCUT2D eigenvalue weighted by atomic mass is 14.1. The van der Waals surface area contributed by atoms with Crippen molar-refractivity contribution in [1.29, 1.82) is 0 Å². The smallest absolute Gasteiger partial charge is 0.0175 e. The molecule has 0 aliphatic rings. The van der Waals surface area contributed by atoms with E-state index in [4.69, 9.17) is 0 Å². The third-order valence-corrected chi connectivity index (χ3v) is 6.11. The van der Waals surface area contributed by atoms with E-state index in [-0.39, 0.29) is 0 Å². The fourth-order valence-corrected chi connectivity index (χ4v) is 4.61. The lowest BCUT2D eigenvalue weighted by molar-refractivity contribution is 1.42. The second-order valence-corrected chi connectivity index (χ2v) is 9.00. The van der Waals surface area contributed by atoms with Gasteiger partial charge in [-0.25, -0.2) is 0 Å². The Morgan fingerprint density at radius 1 is 0.273 bits per heavy atom. The van der Waals surface area contributed by atoms with E-state index in [9.17, 15) is 0 Å². The first-order valence-corrected chi connectivity index (χ1v) is 11.5. The molecule has 0 heteroatoms. The van der Waals surface area contributed by atoms with Crippen molar-refractivity contribution in [2.24, 2.45) is 0 Å². The molecule has 0 aliphatic carbocycles. The van der Waals surface area contributed by atoms with Gasteiger partial charge in [-0.05, 0) is 100 Å². The Labute approximate surface area is 197 Å². The van der Waals surface area contributed by atoms with Gasteiger partial charge in [-0.1, -0.05) is 97.1 Å². The summed E-state index contributed by atoms with van der Waals surface area (Å²) < 4.78 is 0. The quantitative estimate of drug-likeness (QED) is 0.270. The first-order chi connectivity index (χ1) is 16.0. The molecular weight excluding hydrogens is 396 g/mol. The molecular formula is C33H28. The Hall–Kier alpha value is -3.90. The van der Waals surface area contributed by atoms with Gasteiger partial charge in [0.2, 0.25) is 0 Å². The highest BCUT2D eigenvalue weighted by Crippen LogP contribution is 2.34. The second-order valence-electron chi connectivity index (χ2n) is 9.00. The first-order valence-electron chi connectivity index (χ1n) is 11.5. The van der Waals surface area contributed by atoms with Gasteiger partial charge in [0, 0.05) is 0 Å². The van der Waals surface area contributed by atoms with Crippen LogP contribution in [0.25, 0.3) is 44.5 Å². The minimum absolute atomic E-state index is 1.25. The van der Waals surface area contributed by atoms with Crippen molar-refractivity contribution in [1.82, 2.24) is 0 Å². The van der Waals surface area contributed by atoms with E-state index in [1.807, 2.05) is 0 Å². The number of benzene rings is 5. The van der Waals surface area contributed by atoms with E-state index < -0.39 is 0 Å². The minimum Gasteiger partial charge on any atom is -0.0622 e.